The third kappa shape index (κ3) is 2.45. The third-order valence-electron chi connectivity index (χ3n) is 2.95. The molecule has 0 spiro atoms. The molecule has 0 heterocycles. The highest BCUT2D eigenvalue weighted by atomic mass is 32.2. The lowest BCUT2D eigenvalue weighted by atomic mass is 9.98. The molecule has 1 N–H and O–H groups in total. The number of hydrogen-bond donors (Lipinski definition) is 1. The van der Waals surface area contributed by atoms with E-state index in [1.807, 2.05) is 18.2 Å². The molecule has 0 saturated carbocycles. The normalized spacial score (nSPS) is 11.4. The Labute approximate surface area is 112 Å². The molecule has 3 nitrogen and oxygen atoms in total. The fourth-order valence-electron chi connectivity index (χ4n) is 2.21. The monoisotopic (exact) mass is 274 g/mol. The van der Waals surface area contributed by atoms with Crippen molar-refractivity contribution < 1.29 is 13.0 Å². The van der Waals surface area contributed by atoms with Crippen LogP contribution in [0.3, 0.4) is 0 Å². The summed E-state index contributed by atoms with van der Waals surface area (Å²) in [7, 11) is -4.32. The van der Waals surface area contributed by atoms with Crippen molar-refractivity contribution >= 4 is 27.0 Å². The Balaban J connectivity index is 3.01. The molecule has 98 valence electrons. The molecule has 0 saturated heterocycles. The molecule has 0 aromatic heterocycles. The topological polar surface area (TPSA) is 54.4 Å². The van der Waals surface area contributed by atoms with Crippen molar-refractivity contribution in [1.82, 2.24) is 0 Å². The Hall–Kier alpha value is -1.91. The summed E-state index contributed by atoms with van der Waals surface area (Å²) in [6.07, 6.45) is 3.65. The molecule has 19 heavy (non-hydrogen) atoms. The van der Waals surface area contributed by atoms with E-state index in [0.29, 0.717) is 17.4 Å². The van der Waals surface area contributed by atoms with Crippen molar-refractivity contribution in [3.05, 3.63) is 60.7 Å². The molecule has 0 amide bonds. The third-order valence-corrected chi connectivity index (χ3v) is 3.91. The zero-order chi connectivity index (χ0) is 14.0. The van der Waals surface area contributed by atoms with Gasteiger partial charge < -0.3 is 0 Å². The van der Waals surface area contributed by atoms with Crippen molar-refractivity contribution in [1.29, 1.82) is 0 Å². The maximum atomic E-state index is 11.7. The molecule has 0 unspecified atom stereocenters. The standard InChI is InChI=1S/C15H14O3S/c1-3-7-11-10-12-8-5-6-9-14(12)15(13(11)4-2)19(16,17)18/h3-6,8-10H,1-2,7H2,(H,16,17,18). The first kappa shape index (κ1) is 13.5. The van der Waals surface area contributed by atoms with Crippen LogP contribution >= 0.6 is 0 Å². The molecule has 0 atom stereocenters. The fourth-order valence-corrected chi connectivity index (χ4v) is 3.17. The van der Waals surface area contributed by atoms with Gasteiger partial charge in [0.15, 0.2) is 0 Å². The number of allylic oxidation sites excluding steroid dienone is 1. The summed E-state index contributed by atoms with van der Waals surface area (Å²) in [5.41, 5.74) is 1.21. The van der Waals surface area contributed by atoms with E-state index in [1.54, 1.807) is 18.2 Å². The van der Waals surface area contributed by atoms with Crippen molar-refractivity contribution in [3.63, 3.8) is 0 Å². The van der Waals surface area contributed by atoms with E-state index in [1.165, 1.54) is 6.08 Å². The highest BCUT2D eigenvalue weighted by molar-refractivity contribution is 7.86. The van der Waals surface area contributed by atoms with Crippen LogP contribution < -0.4 is 0 Å². The van der Waals surface area contributed by atoms with Crippen molar-refractivity contribution in [3.8, 4) is 0 Å². The average Bonchev–Trinajstić information content (AvgIpc) is 2.36. The molecule has 0 aliphatic carbocycles. The maximum Gasteiger partial charge on any atom is 0.295 e. The van der Waals surface area contributed by atoms with E-state index in [9.17, 15) is 13.0 Å². The van der Waals surface area contributed by atoms with Crippen LogP contribution in [0.15, 0.2) is 54.5 Å². The van der Waals surface area contributed by atoms with Crippen LogP contribution in [0.25, 0.3) is 16.8 Å². The zero-order valence-electron chi connectivity index (χ0n) is 10.3. The lowest BCUT2D eigenvalue weighted by molar-refractivity contribution is 0.484. The Morgan fingerprint density at radius 2 is 1.89 bits per heavy atom. The second kappa shape index (κ2) is 4.99. The van der Waals surface area contributed by atoms with Crippen LogP contribution in [0.5, 0.6) is 0 Å². The number of hydrogen-bond acceptors (Lipinski definition) is 2. The van der Waals surface area contributed by atoms with E-state index in [2.05, 4.69) is 13.2 Å². The Bertz CT molecular complexity index is 758. The quantitative estimate of drug-likeness (QED) is 0.686. The number of fused-ring (bicyclic) bond motifs is 1. The van der Waals surface area contributed by atoms with Gasteiger partial charge in [-0.25, -0.2) is 0 Å². The Kier molecular flexibility index (Phi) is 3.55. The van der Waals surface area contributed by atoms with Gasteiger partial charge in [0, 0.05) is 5.39 Å². The first-order chi connectivity index (χ1) is 8.99. The largest absolute Gasteiger partial charge is 0.295 e. The number of rotatable bonds is 4. The van der Waals surface area contributed by atoms with Gasteiger partial charge in [0.1, 0.15) is 4.90 Å². The van der Waals surface area contributed by atoms with Gasteiger partial charge in [-0.15, -0.1) is 6.58 Å². The van der Waals surface area contributed by atoms with Crippen LogP contribution in [0, 0.1) is 0 Å². The minimum Gasteiger partial charge on any atom is -0.282 e. The van der Waals surface area contributed by atoms with Crippen LogP contribution in [0.2, 0.25) is 0 Å². The molecule has 2 aromatic rings. The maximum absolute atomic E-state index is 11.7. The molecule has 0 bridgehead atoms. The lowest BCUT2D eigenvalue weighted by Gasteiger charge is -2.12. The summed E-state index contributed by atoms with van der Waals surface area (Å²) in [6.45, 7) is 7.30. The summed E-state index contributed by atoms with van der Waals surface area (Å²) >= 11 is 0. The SMILES string of the molecule is C=CCc1cc2ccccc2c(S(=O)(=O)O)c1C=C. The van der Waals surface area contributed by atoms with Crippen LogP contribution in [-0.2, 0) is 16.5 Å². The highest BCUT2D eigenvalue weighted by Gasteiger charge is 2.20. The number of benzene rings is 2. The van der Waals surface area contributed by atoms with Gasteiger partial charge >= 0.3 is 0 Å². The molecule has 0 fully saturated rings. The summed E-state index contributed by atoms with van der Waals surface area (Å²) in [5.74, 6) is 0. The van der Waals surface area contributed by atoms with Crippen LogP contribution in [0.4, 0.5) is 0 Å². The van der Waals surface area contributed by atoms with E-state index >= 15 is 0 Å². The predicted molar refractivity (Wildman–Crippen MR) is 77.8 cm³/mol. The van der Waals surface area contributed by atoms with Gasteiger partial charge in [0.25, 0.3) is 10.1 Å². The smallest absolute Gasteiger partial charge is 0.282 e. The Morgan fingerprint density at radius 1 is 1.21 bits per heavy atom. The molecular weight excluding hydrogens is 260 g/mol. The van der Waals surface area contributed by atoms with E-state index in [0.717, 1.165) is 10.9 Å². The second-order valence-corrected chi connectivity index (χ2v) is 5.53. The Morgan fingerprint density at radius 3 is 2.47 bits per heavy atom. The highest BCUT2D eigenvalue weighted by Crippen LogP contribution is 2.31. The first-order valence-electron chi connectivity index (χ1n) is 5.74. The molecule has 2 aromatic carbocycles. The van der Waals surface area contributed by atoms with E-state index in [4.69, 9.17) is 0 Å². The molecule has 0 aliphatic rings. The van der Waals surface area contributed by atoms with Crippen molar-refractivity contribution in [2.24, 2.45) is 0 Å². The second-order valence-electron chi connectivity index (χ2n) is 4.17. The van der Waals surface area contributed by atoms with Crippen molar-refractivity contribution in [2.75, 3.05) is 0 Å². The minimum atomic E-state index is -4.32. The van der Waals surface area contributed by atoms with Crippen LogP contribution in [-0.4, -0.2) is 13.0 Å². The van der Waals surface area contributed by atoms with Gasteiger partial charge in [-0.1, -0.05) is 49.1 Å². The minimum absolute atomic E-state index is 0.0857. The van der Waals surface area contributed by atoms with Crippen molar-refractivity contribution in [2.45, 2.75) is 11.3 Å². The molecule has 0 radical (unpaired) electrons. The molecular formula is C15H14O3S. The van der Waals surface area contributed by atoms with Gasteiger partial charge in [0.2, 0.25) is 0 Å². The summed E-state index contributed by atoms with van der Waals surface area (Å²) < 4.78 is 32.8. The van der Waals surface area contributed by atoms with Gasteiger partial charge in [-0.3, -0.25) is 4.55 Å². The summed E-state index contributed by atoms with van der Waals surface area (Å²) in [4.78, 5) is -0.0857. The lowest BCUT2D eigenvalue weighted by Crippen LogP contribution is -2.05. The summed E-state index contributed by atoms with van der Waals surface area (Å²) in [5, 5.41) is 1.25. The molecule has 0 aliphatic heterocycles. The first-order valence-corrected chi connectivity index (χ1v) is 7.18. The molecule has 4 heteroatoms. The van der Waals surface area contributed by atoms with Crippen LogP contribution in [0.1, 0.15) is 11.1 Å². The zero-order valence-corrected chi connectivity index (χ0v) is 11.2. The fraction of sp³-hybridized carbons (Fsp3) is 0.0667. The predicted octanol–water partition coefficient (Wildman–Crippen LogP) is 3.46. The molecule has 2 rings (SSSR count). The van der Waals surface area contributed by atoms with Gasteiger partial charge in [-0.2, -0.15) is 8.42 Å². The van der Waals surface area contributed by atoms with E-state index < -0.39 is 10.1 Å². The van der Waals surface area contributed by atoms with Gasteiger partial charge in [-0.05, 0) is 22.9 Å². The summed E-state index contributed by atoms with van der Waals surface area (Å²) in [6, 6.07) is 8.92. The van der Waals surface area contributed by atoms with Gasteiger partial charge in [0.05, 0.1) is 0 Å². The van der Waals surface area contributed by atoms with E-state index in [-0.39, 0.29) is 4.90 Å². The average molecular weight is 274 g/mol.